The Balaban J connectivity index is 3.23. The molecule has 0 amide bonds. The third kappa shape index (κ3) is 1.70. The molecular weight excluding hydrogens is 148 g/mol. The lowest BCUT2D eigenvalue weighted by atomic mass is 10.2. The molecule has 0 radical (unpaired) electrons. The van der Waals surface area contributed by atoms with Gasteiger partial charge in [-0.15, -0.1) is 0 Å². The highest BCUT2D eigenvalue weighted by molar-refractivity contribution is 5.46. The van der Waals surface area contributed by atoms with Gasteiger partial charge in [0, 0.05) is 0 Å². The monoisotopic (exact) mass is 162 g/mol. The fraction of sp³-hybridized carbons (Fsp3) is 0.400. The van der Waals surface area contributed by atoms with Gasteiger partial charge in [0.25, 0.3) is 0 Å². The molecule has 0 N–H and O–H groups in total. The Morgan fingerprint density at radius 3 is 2.08 bits per heavy atom. The second kappa shape index (κ2) is 3.48. The Morgan fingerprint density at radius 2 is 1.50 bits per heavy atom. The molecule has 0 saturated carbocycles. The summed E-state index contributed by atoms with van der Waals surface area (Å²) in [5, 5.41) is 0. The van der Waals surface area contributed by atoms with Gasteiger partial charge in [0.1, 0.15) is 0 Å². The molecule has 12 heavy (non-hydrogen) atoms. The van der Waals surface area contributed by atoms with Gasteiger partial charge in [0.05, 0.1) is 22.8 Å². The molecule has 0 saturated heterocycles. The van der Waals surface area contributed by atoms with Crippen molar-refractivity contribution in [1.29, 1.82) is 0 Å². The first kappa shape index (κ1) is 8.91. The highest BCUT2D eigenvalue weighted by atomic mass is 14.8. The molecule has 0 aliphatic carbocycles. The molecule has 0 aliphatic heterocycles. The van der Waals surface area contributed by atoms with Gasteiger partial charge in [-0.05, 0) is 33.8 Å². The summed E-state index contributed by atoms with van der Waals surface area (Å²) in [5.74, 6) is 0. The molecule has 1 aromatic heterocycles. The SMILES string of the molecule is C/C=C\c1nc(C)c(C)nc1C. The number of allylic oxidation sites excluding steroid dienone is 1. The van der Waals surface area contributed by atoms with Crippen molar-refractivity contribution >= 4 is 6.08 Å². The Kier molecular flexibility index (Phi) is 2.58. The van der Waals surface area contributed by atoms with E-state index in [0.717, 1.165) is 22.8 Å². The standard InChI is InChI=1S/C10H14N2/c1-5-6-10-9(4)11-7(2)8(3)12-10/h5-6H,1-4H3/b6-5-. The molecule has 1 rings (SSSR count). The molecule has 1 aromatic rings. The molecule has 2 nitrogen and oxygen atoms in total. The van der Waals surface area contributed by atoms with E-state index < -0.39 is 0 Å². The second-order valence-electron chi connectivity index (χ2n) is 2.87. The van der Waals surface area contributed by atoms with Crippen LogP contribution in [0.2, 0.25) is 0 Å². The minimum Gasteiger partial charge on any atom is -0.254 e. The average Bonchev–Trinajstić information content (AvgIpc) is 2.01. The largest absolute Gasteiger partial charge is 0.254 e. The smallest absolute Gasteiger partial charge is 0.0842 e. The van der Waals surface area contributed by atoms with E-state index >= 15 is 0 Å². The van der Waals surface area contributed by atoms with Crippen LogP contribution in [0, 0.1) is 20.8 Å². The molecule has 0 aromatic carbocycles. The lowest BCUT2D eigenvalue weighted by Gasteiger charge is -2.03. The van der Waals surface area contributed by atoms with Crippen LogP contribution in [-0.2, 0) is 0 Å². The lowest BCUT2D eigenvalue weighted by molar-refractivity contribution is 0.991. The number of aromatic nitrogens is 2. The number of nitrogens with zero attached hydrogens (tertiary/aromatic N) is 2. The fourth-order valence-corrected chi connectivity index (χ4v) is 1.05. The predicted molar refractivity (Wildman–Crippen MR) is 51.0 cm³/mol. The number of rotatable bonds is 1. The molecule has 0 bridgehead atoms. The zero-order valence-electron chi connectivity index (χ0n) is 8.05. The zero-order chi connectivity index (χ0) is 9.14. The molecule has 0 atom stereocenters. The van der Waals surface area contributed by atoms with Gasteiger partial charge >= 0.3 is 0 Å². The summed E-state index contributed by atoms with van der Waals surface area (Å²) in [4.78, 5) is 8.79. The van der Waals surface area contributed by atoms with Crippen LogP contribution in [0.25, 0.3) is 6.08 Å². The molecule has 1 heterocycles. The van der Waals surface area contributed by atoms with Crippen molar-refractivity contribution in [3.05, 3.63) is 28.9 Å². The molecule has 64 valence electrons. The Labute approximate surface area is 73.4 Å². The van der Waals surface area contributed by atoms with E-state index in [4.69, 9.17) is 0 Å². The van der Waals surface area contributed by atoms with Crippen LogP contribution < -0.4 is 0 Å². The van der Waals surface area contributed by atoms with Gasteiger partial charge in [0.2, 0.25) is 0 Å². The fourth-order valence-electron chi connectivity index (χ4n) is 1.05. The summed E-state index contributed by atoms with van der Waals surface area (Å²) in [6, 6.07) is 0. The van der Waals surface area contributed by atoms with E-state index in [1.807, 2.05) is 39.8 Å². The van der Waals surface area contributed by atoms with Crippen LogP contribution in [0.3, 0.4) is 0 Å². The summed E-state index contributed by atoms with van der Waals surface area (Å²) in [6.45, 7) is 7.93. The molecule has 0 unspecified atom stereocenters. The average molecular weight is 162 g/mol. The maximum absolute atomic E-state index is 4.41. The zero-order valence-corrected chi connectivity index (χ0v) is 8.05. The van der Waals surface area contributed by atoms with Crippen molar-refractivity contribution in [3.8, 4) is 0 Å². The predicted octanol–water partition coefficient (Wildman–Crippen LogP) is 2.43. The summed E-state index contributed by atoms with van der Waals surface area (Å²) < 4.78 is 0. The third-order valence-electron chi connectivity index (χ3n) is 1.84. The van der Waals surface area contributed by atoms with Gasteiger partial charge in [-0.3, -0.25) is 4.98 Å². The first-order chi connectivity index (χ1) is 5.65. The topological polar surface area (TPSA) is 25.8 Å². The van der Waals surface area contributed by atoms with Gasteiger partial charge in [0.15, 0.2) is 0 Å². The Hall–Kier alpha value is -1.18. The van der Waals surface area contributed by atoms with Gasteiger partial charge in [-0.2, -0.15) is 0 Å². The van der Waals surface area contributed by atoms with E-state index in [1.54, 1.807) is 0 Å². The number of hydrogen-bond donors (Lipinski definition) is 0. The van der Waals surface area contributed by atoms with Crippen molar-refractivity contribution in [1.82, 2.24) is 9.97 Å². The molecule has 2 heteroatoms. The second-order valence-corrected chi connectivity index (χ2v) is 2.87. The highest BCUT2D eigenvalue weighted by Gasteiger charge is 2.00. The van der Waals surface area contributed by atoms with E-state index in [-0.39, 0.29) is 0 Å². The third-order valence-corrected chi connectivity index (χ3v) is 1.84. The van der Waals surface area contributed by atoms with Crippen molar-refractivity contribution in [2.45, 2.75) is 27.7 Å². The minimum absolute atomic E-state index is 0.973. The molecule has 0 aliphatic rings. The maximum atomic E-state index is 4.41. The van der Waals surface area contributed by atoms with E-state index in [1.165, 1.54) is 0 Å². The van der Waals surface area contributed by atoms with E-state index in [0.29, 0.717) is 0 Å². The summed E-state index contributed by atoms with van der Waals surface area (Å²) in [7, 11) is 0. The van der Waals surface area contributed by atoms with Crippen molar-refractivity contribution < 1.29 is 0 Å². The first-order valence-corrected chi connectivity index (χ1v) is 4.09. The molecular formula is C10H14N2. The van der Waals surface area contributed by atoms with Crippen LogP contribution >= 0.6 is 0 Å². The first-order valence-electron chi connectivity index (χ1n) is 4.09. The minimum atomic E-state index is 0.973. The van der Waals surface area contributed by atoms with Crippen LogP contribution in [-0.4, -0.2) is 9.97 Å². The van der Waals surface area contributed by atoms with E-state index in [2.05, 4.69) is 9.97 Å². The van der Waals surface area contributed by atoms with Crippen LogP contribution in [0.1, 0.15) is 29.7 Å². The van der Waals surface area contributed by atoms with Gasteiger partial charge in [-0.1, -0.05) is 6.08 Å². The van der Waals surface area contributed by atoms with E-state index in [9.17, 15) is 0 Å². The molecule has 0 spiro atoms. The Bertz CT molecular complexity index is 314. The number of hydrogen-bond acceptors (Lipinski definition) is 2. The van der Waals surface area contributed by atoms with Crippen molar-refractivity contribution in [3.63, 3.8) is 0 Å². The Morgan fingerprint density at radius 1 is 0.917 bits per heavy atom. The molecule has 0 fully saturated rings. The maximum Gasteiger partial charge on any atom is 0.0842 e. The van der Waals surface area contributed by atoms with Crippen LogP contribution in [0.4, 0.5) is 0 Å². The van der Waals surface area contributed by atoms with Crippen molar-refractivity contribution in [2.75, 3.05) is 0 Å². The summed E-state index contributed by atoms with van der Waals surface area (Å²) in [5.41, 5.74) is 3.99. The number of aryl methyl sites for hydroxylation is 3. The highest BCUT2D eigenvalue weighted by Crippen LogP contribution is 2.07. The normalized spacial score (nSPS) is 11.0. The lowest BCUT2D eigenvalue weighted by Crippen LogP contribution is -1.98. The summed E-state index contributed by atoms with van der Waals surface area (Å²) in [6.07, 6.45) is 3.96. The van der Waals surface area contributed by atoms with Crippen LogP contribution in [0.15, 0.2) is 6.08 Å². The van der Waals surface area contributed by atoms with Gasteiger partial charge < -0.3 is 0 Å². The van der Waals surface area contributed by atoms with Crippen LogP contribution in [0.5, 0.6) is 0 Å². The summed E-state index contributed by atoms with van der Waals surface area (Å²) >= 11 is 0. The van der Waals surface area contributed by atoms with Gasteiger partial charge in [-0.25, -0.2) is 4.98 Å². The quantitative estimate of drug-likeness (QED) is 0.633. The van der Waals surface area contributed by atoms with Crippen molar-refractivity contribution in [2.24, 2.45) is 0 Å².